The Morgan fingerprint density at radius 2 is 2.00 bits per heavy atom. The van der Waals surface area contributed by atoms with Crippen LogP contribution in [-0.2, 0) is 9.73 Å². The van der Waals surface area contributed by atoms with E-state index in [1.165, 1.54) is 0 Å². The quantitative estimate of drug-likeness (QED) is 0.608. The van der Waals surface area contributed by atoms with Crippen LogP contribution in [0, 0.1) is 0 Å². The highest BCUT2D eigenvalue weighted by Gasteiger charge is 2.08. The summed E-state index contributed by atoms with van der Waals surface area (Å²) in [5.41, 5.74) is 5.37. The van der Waals surface area contributed by atoms with Gasteiger partial charge in [-0.1, -0.05) is 22.6 Å². The van der Waals surface area contributed by atoms with Gasteiger partial charge in [0.25, 0.3) is 0 Å². The highest BCUT2D eigenvalue weighted by Crippen LogP contribution is 2.10. The first-order chi connectivity index (χ1) is 4.36. The molecule has 5 heteroatoms. The number of hydrogen-bond donors (Lipinski definition) is 1. The van der Waals surface area contributed by atoms with Gasteiger partial charge >= 0.3 is 0 Å². The summed E-state index contributed by atoms with van der Waals surface area (Å²) < 4.78 is 15.4. The summed E-state index contributed by atoms with van der Waals surface area (Å²) in [4.78, 5) is 0. The van der Waals surface area contributed by atoms with Crippen LogP contribution in [0.4, 0.5) is 0 Å². The van der Waals surface area contributed by atoms with Gasteiger partial charge in [-0.05, 0) is 13.8 Å². The normalized spacial score (nSPS) is 22.9. The molecule has 0 aromatic carbocycles. The zero-order valence-corrected chi connectivity index (χ0v) is 9.35. The summed E-state index contributed by atoms with van der Waals surface area (Å²) in [7, 11) is -2.06. The van der Waals surface area contributed by atoms with Crippen molar-refractivity contribution in [2.24, 2.45) is 10.1 Å². The molecule has 0 fully saturated rings. The van der Waals surface area contributed by atoms with Gasteiger partial charge in [0.05, 0.1) is 13.0 Å². The van der Waals surface area contributed by atoms with Gasteiger partial charge < -0.3 is 5.73 Å². The zero-order chi connectivity index (χ0) is 8.36. The first kappa shape index (κ1) is 10.6. The van der Waals surface area contributed by atoms with E-state index in [0.29, 0.717) is 0 Å². The highest BCUT2D eigenvalue weighted by atomic mass is 127. The third-order valence-electron chi connectivity index (χ3n) is 0.978. The monoisotopic (exact) mass is 276 g/mol. The van der Waals surface area contributed by atoms with Crippen LogP contribution >= 0.6 is 22.6 Å². The Morgan fingerprint density at radius 3 is 2.10 bits per heavy atom. The number of alkyl halides is 1. The van der Waals surface area contributed by atoms with Crippen molar-refractivity contribution in [1.29, 1.82) is 0 Å². The standard InChI is InChI=1S/C5H13IN2OS/c1-4(6)10(3,9)8-5(2)7/h4-5H,7H2,1-3H3. The zero-order valence-electron chi connectivity index (χ0n) is 6.37. The van der Waals surface area contributed by atoms with Gasteiger partial charge in [0.15, 0.2) is 0 Å². The lowest BCUT2D eigenvalue weighted by atomic mass is 10.7. The Kier molecular flexibility index (Phi) is 4.12. The second kappa shape index (κ2) is 3.87. The Labute approximate surface area is 76.1 Å². The van der Waals surface area contributed by atoms with Crippen LogP contribution in [0.5, 0.6) is 0 Å². The maximum Gasteiger partial charge on any atom is 0.104 e. The van der Waals surface area contributed by atoms with Crippen LogP contribution in [-0.4, -0.2) is 19.9 Å². The second-order valence-corrected chi connectivity index (χ2v) is 7.60. The molecule has 0 amide bonds. The summed E-state index contributed by atoms with van der Waals surface area (Å²) in [6, 6.07) is 0. The number of nitrogens with zero attached hydrogens (tertiary/aromatic N) is 1. The van der Waals surface area contributed by atoms with Crippen molar-refractivity contribution in [3.63, 3.8) is 0 Å². The second-order valence-electron chi connectivity index (χ2n) is 2.25. The van der Waals surface area contributed by atoms with Crippen molar-refractivity contribution < 1.29 is 4.21 Å². The summed E-state index contributed by atoms with van der Waals surface area (Å²) in [6.45, 7) is 3.59. The average molecular weight is 276 g/mol. The van der Waals surface area contributed by atoms with Crippen molar-refractivity contribution in [2.45, 2.75) is 23.3 Å². The molecule has 0 aromatic heterocycles. The molecule has 0 saturated carbocycles. The van der Waals surface area contributed by atoms with Crippen molar-refractivity contribution in [3.8, 4) is 0 Å². The molecule has 0 aliphatic carbocycles. The molecule has 0 aliphatic heterocycles. The Balaban J connectivity index is 4.56. The molecular weight excluding hydrogens is 263 g/mol. The first-order valence-corrected chi connectivity index (χ1v) is 6.19. The van der Waals surface area contributed by atoms with Gasteiger partial charge in [0, 0.05) is 6.26 Å². The fraction of sp³-hybridized carbons (Fsp3) is 1.00. The molecule has 2 N–H and O–H groups in total. The highest BCUT2D eigenvalue weighted by molar-refractivity contribution is 14.1. The van der Waals surface area contributed by atoms with Gasteiger partial charge in [0.2, 0.25) is 0 Å². The lowest BCUT2D eigenvalue weighted by Crippen LogP contribution is -2.17. The van der Waals surface area contributed by atoms with E-state index in [-0.39, 0.29) is 9.42 Å². The molecule has 62 valence electrons. The maximum atomic E-state index is 11.4. The SMILES string of the molecule is CC(N)N=S(C)(=O)C(C)I. The predicted molar refractivity (Wildman–Crippen MR) is 53.6 cm³/mol. The molecule has 3 atom stereocenters. The number of hydrogen-bond acceptors (Lipinski definition) is 3. The minimum absolute atomic E-state index is 0.0519. The third-order valence-corrected chi connectivity index (χ3v) is 5.77. The largest absolute Gasteiger partial charge is 0.309 e. The molecule has 0 aromatic rings. The van der Waals surface area contributed by atoms with Crippen molar-refractivity contribution in [3.05, 3.63) is 0 Å². The number of nitrogens with two attached hydrogens (primary N) is 1. The Bertz CT molecular complexity index is 206. The van der Waals surface area contributed by atoms with Gasteiger partial charge in [-0.15, -0.1) is 0 Å². The van der Waals surface area contributed by atoms with Gasteiger partial charge in [-0.25, -0.2) is 8.57 Å². The summed E-state index contributed by atoms with van der Waals surface area (Å²) >= 11 is 2.09. The van der Waals surface area contributed by atoms with Crippen molar-refractivity contribution in [1.82, 2.24) is 0 Å². The van der Waals surface area contributed by atoms with E-state index in [9.17, 15) is 4.21 Å². The number of halogens is 1. The molecule has 3 unspecified atom stereocenters. The topological polar surface area (TPSA) is 55.4 Å². The summed E-state index contributed by atoms with van der Waals surface area (Å²) in [6.07, 6.45) is 1.31. The molecule has 0 radical (unpaired) electrons. The van der Waals surface area contributed by atoms with Gasteiger partial charge in [0.1, 0.15) is 6.17 Å². The van der Waals surface area contributed by atoms with E-state index >= 15 is 0 Å². The minimum atomic E-state index is -2.06. The molecule has 0 rings (SSSR count). The first-order valence-electron chi connectivity index (χ1n) is 2.96. The van der Waals surface area contributed by atoms with Crippen LogP contribution in [0.3, 0.4) is 0 Å². The molecule has 0 saturated heterocycles. The average Bonchev–Trinajstić information content (AvgIpc) is 1.60. The fourth-order valence-corrected chi connectivity index (χ4v) is 1.64. The fourth-order valence-electron chi connectivity index (χ4n) is 0.414. The van der Waals surface area contributed by atoms with E-state index in [0.717, 1.165) is 0 Å². The lowest BCUT2D eigenvalue weighted by Gasteiger charge is -2.07. The van der Waals surface area contributed by atoms with E-state index in [1.54, 1.807) is 13.2 Å². The van der Waals surface area contributed by atoms with Crippen LogP contribution in [0.15, 0.2) is 4.36 Å². The molecule has 0 heterocycles. The van der Waals surface area contributed by atoms with Crippen LogP contribution in [0.1, 0.15) is 13.8 Å². The maximum absolute atomic E-state index is 11.4. The molecule has 10 heavy (non-hydrogen) atoms. The number of rotatable bonds is 2. The third kappa shape index (κ3) is 3.72. The Morgan fingerprint density at radius 1 is 1.60 bits per heavy atom. The van der Waals surface area contributed by atoms with Crippen molar-refractivity contribution >= 4 is 32.3 Å². The van der Waals surface area contributed by atoms with Gasteiger partial charge in [-0.2, -0.15) is 0 Å². The minimum Gasteiger partial charge on any atom is -0.309 e. The van der Waals surface area contributed by atoms with Crippen LogP contribution in [0.2, 0.25) is 0 Å². The summed E-state index contributed by atoms with van der Waals surface area (Å²) in [5.74, 6) is 0. The predicted octanol–water partition coefficient (Wildman–Crippen LogP) is 1.17. The summed E-state index contributed by atoms with van der Waals surface area (Å²) in [5, 5.41) is 0. The van der Waals surface area contributed by atoms with Crippen LogP contribution in [0.25, 0.3) is 0 Å². The van der Waals surface area contributed by atoms with E-state index in [1.807, 2.05) is 6.92 Å². The van der Waals surface area contributed by atoms with Crippen molar-refractivity contribution in [2.75, 3.05) is 6.26 Å². The smallest absolute Gasteiger partial charge is 0.104 e. The van der Waals surface area contributed by atoms with Gasteiger partial charge in [-0.3, -0.25) is 0 Å². The molecular formula is C5H13IN2OS. The lowest BCUT2D eigenvalue weighted by molar-refractivity contribution is 0.672. The van der Waals surface area contributed by atoms with E-state index < -0.39 is 9.73 Å². The molecule has 0 aliphatic rings. The molecule has 3 nitrogen and oxygen atoms in total. The van der Waals surface area contributed by atoms with E-state index in [2.05, 4.69) is 27.0 Å². The molecule has 0 spiro atoms. The van der Waals surface area contributed by atoms with Crippen LogP contribution < -0.4 is 5.73 Å². The molecule has 0 bridgehead atoms. The van der Waals surface area contributed by atoms with E-state index in [4.69, 9.17) is 5.73 Å². The Hall–Kier alpha value is 0.640.